The number of rotatable bonds is 7. The third-order valence-electron chi connectivity index (χ3n) is 8.34. The summed E-state index contributed by atoms with van der Waals surface area (Å²) in [6.07, 6.45) is -4.50. The Hall–Kier alpha value is -5.03. The number of anilines is 2. The van der Waals surface area contributed by atoms with Crippen LogP contribution in [0.3, 0.4) is 0 Å². The van der Waals surface area contributed by atoms with Gasteiger partial charge < -0.3 is 30.9 Å². The maximum atomic E-state index is 14.7. The highest BCUT2D eigenvalue weighted by atomic mass is 19.4. The van der Waals surface area contributed by atoms with Crippen LogP contribution in [-0.2, 0) is 16.1 Å². The van der Waals surface area contributed by atoms with Gasteiger partial charge in [-0.15, -0.1) is 13.2 Å². The molecule has 1 saturated carbocycles. The topological polar surface area (TPSA) is 152 Å². The summed E-state index contributed by atoms with van der Waals surface area (Å²) in [6, 6.07) is 5.00. The molecule has 5 amide bonds. The van der Waals surface area contributed by atoms with E-state index in [4.69, 9.17) is 5.73 Å². The molecule has 250 valence electrons. The minimum Gasteiger partial charge on any atom is -0.403 e. The van der Waals surface area contributed by atoms with Gasteiger partial charge >= 0.3 is 12.4 Å². The summed E-state index contributed by atoms with van der Waals surface area (Å²) in [7, 11) is 0. The Morgan fingerprint density at radius 1 is 1.09 bits per heavy atom. The lowest BCUT2D eigenvalue weighted by atomic mass is 10.1. The molecule has 18 heteroatoms. The fourth-order valence-corrected chi connectivity index (χ4v) is 6.19. The van der Waals surface area contributed by atoms with Crippen molar-refractivity contribution >= 4 is 46.0 Å². The van der Waals surface area contributed by atoms with E-state index in [1.54, 1.807) is 0 Å². The van der Waals surface area contributed by atoms with E-state index in [-0.39, 0.29) is 60.1 Å². The number of nitrogens with two attached hydrogens (primary N) is 1. The number of nitrogens with zero attached hydrogens (tertiary/aromatic N) is 4. The quantitative estimate of drug-likeness (QED) is 0.324. The van der Waals surface area contributed by atoms with Gasteiger partial charge in [0.2, 0.25) is 11.8 Å². The van der Waals surface area contributed by atoms with Crippen LogP contribution in [0, 0.1) is 11.7 Å². The number of carbonyl (C=O) groups excluding carboxylic acids is 4. The number of fused-ring (bicyclic) bond motifs is 2. The van der Waals surface area contributed by atoms with Crippen LogP contribution in [0.1, 0.15) is 36.2 Å². The molecule has 1 aliphatic carbocycles. The standard InChI is InChI=1S/C29H27F6N7O5/c30-23-17(3-1-4-21(23)47-29(33,34)35)38-26(45)20-10-14-9-19(14)42(20)22(43)12-41-18-6-5-15(11-16(18)24(39-41)25(36)44)37-27(46)40-8-2-7-28(31,32)13-40/h1,3-6,11,14,19-20H,2,7-10,12-13H2,(H2,36,44)(H,37,46)(H,38,45)/t14-,19-,20+/m1/s1. The summed E-state index contributed by atoms with van der Waals surface area (Å²) in [5, 5.41) is 9.12. The van der Waals surface area contributed by atoms with Crippen LogP contribution < -0.4 is 21.1 Å². The first-order valence-corrected chi connectivity index (χ1v) is 14.5. The fraction of sp³-hybridized carbons (Fsp3) is 0.414. The van der Waals surface area contributed by atoms with Gasteiger partial charge in [0.1, 0.15) is 12.6 Å². The predicted octanol–water partition coefficient (Wildman–Crippen LogP) is 4.06. The molecule has 6 rings (SSSR count). The molecule has 2 saturated heterocycles. The van der Waals surface area contributed by atoms with Gasteiger partial charge in [-0.1, -0.05) is 6.07 Å². The first kappa shape index (κ1) is 31.9. The first-order chi connectivity index (χ1) is 22.1. The van der Waals surface area contributed by atoms with Crippen molar-refractivity contribution in [3.8, 4) is 5.75 Å². The number of hydrogen-bond donors (Lipinski definition) is 3. The van der Waals surface area contributed by atoms with Crippen LogP contribution in [0.15, 0.2) is 36.4 Å². The van der Waals surface area contributed by atoms with E-state index in [2.05, 4.69) is 20.5 Å². The lowest BCUT2D eigenvalue weighted by Gasteiger charge is -2.32. The number of aromatic nitrogens is 2. The Balaban J connectivity index is 1.19. The molecular formula is C29H27F6N7O5. The average molecular weight is 668 g/mol. The molecule has 1 aromatic heterocycles. The molecule has 3 aliphatic rings. The van der Waals surface area contributed by atoms with Crippen molar-refractivity contribution < 1.29 is 50.3 Å². The largest absolute Gasteiger partial charge is 0.573 e. The SMILES string of the molecule is NC(=O)c1nn(CC(=O)N2[C@@H]3C[C@@H]3C[C@H]2C(=O)Nc2cccc(OC(F)(F)F)c2F)c2ccc(NC(=O)N3CCCC(F)(F)C3)cc12. The normalized spacial score (nSPS) is 21.7. The minimum atomic E-state index is -5.16. The van der Waals surface area contributed by atoms with E-state index in [0.717, 1.165) is 23.1 Å². The number of likely N-dealkylation sites (tertiary alicyclic amines) is 2. The van der Waals surface area contributed by atoms with Gasteiger partial charge in [-0.2, -0.15) is 5.10 Å². The molecule has 0 radical (unpaired) electrons. The van der Waals surface area contributed by atoms with Crippen LogP contribution in [-0.4, -0.2) is 80.8 Å². The summed E-state index contributed by atoms with van der Waals surface area (Å²) in [5.41, 5.74) is 5.16. The summed E-state index contributed by atoms with van der Waals surface area (Å²) in [5.74, 6) is -7.93. The molecule has 2 aromatic carbocycles. The number of benzene rings is 2. The zero-order valence-corrected chi connectivity index (χ0v) is 24.3. The van der Waals surface area contributed by atoms with Crippen LogP contribution >= 0.6 is 0 Å². The number of urea groups is 1. The van der Waals surface area contributed by atoms with Crippen molar-refractivity contribution in [1.29, 1.82) is 0 Å². The molecule has 0 unspecified atom stereocenters. The molecule has 3 atom stereocenters. The summed E-state index contributed by atoms with van der Waals surface area (Å²) in [6.45, 7) is -1.05. The summed E-state index contributed by atoms with van der Waals surface area (Å²) < 4.78 is 85.1. The van der Waals surface area contributed by atoms with Crippen molar-refractivity contribution in [1.82, 2.24) is 19.6 Å². The van der Waals surface area contributed by atoms with Gasteiger partial charge in [-0.05, 0) is 55.5 Å². The van der Waals surface area contributed by atoms with E-state index < -0.39 is 72.4 Å². The van der Waals surface area contributed by atoms with Crippen LogP contribution in [0.4, 0.5) is 42.5 Å². The van der Waals surface area contributed by atoms with Crippen LogP contribution in [0.25, 0.3) is 10.9 Å². The predicted molar refractivity (Wildman–Crippen MR) is 152 cm³/mol. The second-order valence-electron chi connectivity index (χ2n) is 11.7. The average Bonchev–Trinajstić information content (AvgIpc) is 3.49. The Morgan fingerprint density at radius 2 is 1.85 bits per heavy atom. The number of ether oxygens (including phenoxy) is 1. The Kier molecular flexibility index (Phi) is 7.91. The first-order valence-electron chi connectivity index (χ1n) is 14.5. The van der Waals surface area contributed by atoms with Crippen molar-refractivity contribution in [3.63, 3.8) is 0 Å². The number of piperidine rings is 2. The van der Waals surface area contributed by atoms with Crippen molar-refractivity contribution in [2.45, 2.75) is 56.6 Å². The van der Waals surface area contributed by atoms with E-state index in [1.165, 1.54) is 27.8 Å². The highest BCUT2D eigenvalue weighted by Crippen LogP contribution is 2.48. The third kappa shape index (κ3) is 6.62. The molecular weight excluding hydrogens is 640 g/mol. The van der Waals surface area contributed by atoms with Crippen LogP contribution in [0.5, 0.6) is 5.75 Å². The van der Waals surface area contributed by atoms with Gasteiger partial charge in [-0.3, -0.25) is 19.1 Å². The molecule has 12 nitrogen and oxygen atoms in total. The lowest BCUT2D eigenvalue weighted by molar-refractivity contribution is -0.275. The van der Waals surface area contributed by atoms with E-state index in [9.17, 15) is 45.5 Å². The summed E-state index contributed by atoms with van der Waals surface area (Å²) >= 11 is 0. The Bertz CT molecular complexity index is 1780. The van der Waals surface area contributed by atoms with Gasteiger partial charge in [0.25, 0.3) is 11.8 Å². The number of hydrogen-bond acceptors (Lipinski definition) is 6. The molecule has 47 heavy (non-hydrogen) atoms. The van der Waals surface area contributed by atoms with Gasteiger partial charge in [0.05, 0.1) is 17.7 Å². The van der Waals surface area contributed by atoms with E-state index in [0.29, 0.717) is 6.42 Å². The zero-order valence-electron chi connectivity index (χ0n) is 24.3. The molecule has 2 aliphatic heterocycles. The van der Waals surface area contributed by atoms with E-state index >= 15 is 0 Å². The highest BCUT2D eigenvalue weighted by molar-refractivity contribution is 6.06. The minimum absolute atomic E-state index is 0.0130. The third-order valence-corrected chi connectivity index (χ3v) is 8.34. The maximum absolute atomic E-state index is 14.7. The maximum Gasteiger partial charge on any atom is 0.573 e. The number of halogens is 6. The lowest BCUT2D eigenvalue weighted by Crippen LogP contribution is -2.47. The monoisotopic (exact) mass is 667 g/mol. The number of carbonyl (C=O) groups is 4. The molecule has 3 heterocycles. The molecule has 3 fully saturated rings. The highest BCUT2D eigenvalue weighted by Gasteiger charge is 2.56. The van der Waals surface area contributed by atoms with Crippen molar-refractivity contribution in [3.05, 3.63) is 47.9 Å². The second kappa shape index (κ2) is 11.6. The smallest absolute Gasteiger partial charge is 0.403 e. The molecule has 3 aromatic rings. The number of alkyl halides is 5. The van der Waals surface area contributed by atoms with Gasteiger partial charge in [0, 0.05) is 30.1 Å². The van der Waals surface area contributed by atoms with Crippen molar-refractivity contribution in [2.24, 2.45) is 11.7 Å². The van der Waals surface area contributed by atoms with Gasteiger partial charge in [-0.25, -0.2) is 18.0 Å². The zero-order chi connectivity index (χ0) is 33.8. The van der Waals surface area contributed by atoms with E-state index in [1.807, 2.05) is 0 Å². The fourth-order valence-electron chi connectivity index (χ4n) is 6.19. The second-order valence-corrected chi connectivity index (χ2v) is 11.7. The molecule has 0 spiro atoms. The van der Waals surface area contributed by atoms with Crippen molar-refractivity contribution in [2.75, 3.05) is 23.7 Å². The number of amides is 5. The summed E-state index contributed by atoms with van der Waals surface area (Å²) in [4.78, 5) is 54.0. The van der Waals surface area contributed by atoms with Gasteiger partial charge in [0.15, 0.2) is 17.3 Å². The number of nitrogens with one attached hydrogen (secondary N) is 2. The molecule has 0 bridgehead atoms. The Labute approximate surface area is 261 Å². The van der Waals surface area contributed by atoms with Crippen LogP contribution in [0.2, 0.25) is 0 Å². The Morgan fingerprint density at radius 3 is 2.55 bits per heavy atom. The number of primary amides is 1. The molecule has 4 N–H and O–H groups in total.